The summed E-state index contributed by atoms with van der Waals surface area (Å²) >= 11 is 0. The van der Waals surface area contributed by atoms with Gasteiger partial charge in [0.2, 0.25) is 5.78 Å². The average Bonchev–Trinajstić information content (AvgIpc) is 3.28. The molecule has 1 aliphatic heterocycles. The smallest absolute Gasteiger partial charge is 0.290 e. The number of ether oxygens (including phenoxy) is 1. The molecule has 2 heterocycles. The van der Waals surface area contributed by atoms with Gasteiger partial charge in [0.1, 0.15) is 5.75 Å². The van der Waals surface area contributed by atoms with Gasteiger partial charge in [0.15, 0.2) is 11.5 Å². The minimum absolute atomic E-state index is 0.0300. The monoisotopic (exact) mass is 385 g/mol. The highest BCUT2D eigenvalue weighted by Crippen LogP contribution is 2.39. The summed E-state index contributed by atoms with van der Waals surface area (Å²) in [6, 6.07) is 9.66. The van der Waals surface area contributed by atoms with E-state index in [4.69, 9.17) is 9.15 Å². The molecule has 0 fully saturated rings. The summed E-state index contributed by atoms with van der Waals surface area (Å²) < 4.78 is 10.8. The number of hydrogen-bond donors (Lipinski definition) is 2. The minimum Gasteiger partial charge on any atom is -0.503 e. The number of carbonyl (C=O) groups excluding carboxylic acids is 2. The normalized spacial score (nSPS) is 16.9. The van der Waals surface area contributed by atoms with Crippen LogP contribution in [0.2, 0.25) is 0 Å². The first-order valence-corrected chi connectivity index (χ1v) is 9.28. The molecule has 1 aliphatic rings. The molecule has 0 saturated heterocycles. The molecule has 0 spiro atoms. The predicted octanol–water partition coefficient (Wildman–Crippen LogP) is 1.40. The molecular formula is C21H25N2O5+. The minimum atomic E-state index is -0.704. The van der Waals surface area contributed by atoms with Crippen molar-refractivity contribution in [1.29, 1.82) is 0 Å². The van der Waals surface area contributed by atoms with Crippen molar-refractivity contribution in [2.75, 3.05) is 33.8 Å². The second-order valence-corrected chi connectivity index (χ2v) is 6.93. The van der Waals surface area contributed by atoms with Crippen molar-refractivity contribution >= 4 is 11.7 Å². The van der Waals surface area contributed by atoms with Gasteiger partial charge >= 0.3 is 0 Å². The number of hydrogen-bond acceptors (Lipinski definition) is 5. The first-order chi connectivity index (χ1) is 13.4. The number of quaternary nitrogens is 1. The van der Waals surface area contributed by atoms with Crippen LogP contribution in [-0.4, -0.2) is 55.5 Å². The zero-order valence-electron chi connectivity index (χ0n) is 16.3. The third kappa shape index (κ3) is 3.80. The number of aliphatic hydroxyl groups excluding tert-OH is 1. The van der Waals surface area contributed by atoms with E-state index >= 15 is 0 Å². The SMILES string of the molecule is CCOc1cccc([C@@H]2C(C(=O)c3ccco3)=C(O)C(=O)N2CC[NH+](C)C)c1. The number of benzene rings is 1. The van der Waals surface area contributed by atoms with E-state index in [-0.39, 0.29) is 11.3 Å². The molecule has 0 unspecified atom stereocenters. The standard InChI is InChI=1S/C21H24N2O5/c1-4-27-15-8-5-7-14(13-15)18-17(19(24)16-9-6-12-28-16)20(25)21(26)23(18)11-10-22(2)3/h5-9,12-13,18,25H,4,10-11H2,1-3H3/p+1/t18-/m1/s1. The molecule has 148 valence electrons. The van der Waals surface area contributed by atoms with Crippen LogP contribution in [0.5, 0.6) is 5.75 Å². The van der Waals surface area contributed by atoms with Crippen molar-refractivity contribution in [2.45, 2.75) is 13.0 Å². The van der Waals surface area contributed by atoms with E-state index in [0.717, 1.165) is 4.90 Å². The number of Topliss-reactive ketones (excluding diaryl/α,β-unsaturated/α-hetero) is 1. The summed E-state index contributed by atoms with van der Waals surface area (Å²) in [5, 5.41) is 10.6. The van der Waals surface area contributed by atoms with Gasteiger partial charge in [-0.1, -0.05) is 12.1 Å². The summed E-state index contributed by atoms with van der Waals surface area (Å²) in [6.45, 7) is 3.45. The lowest BCUT2D eigenvalue weighted by Crippen LogP contribution is -3.06. The Morgan fingerprint density at radius 1 is 1.29 bits per heavy atom. The van der Waals surface area contributed by atoms with E-state index in [2.05, 4.69) is 0 Å². The van der Waals surface area contributed by atoms with Crippen molar-refractivity contribution in [2.24, 2.45) is 0 Å². The molecule has 0 saturated carbocycles. The molecule has 3 rings (SSSR count). The van der Waals surface area contributed by atoms with E-state index in [1.54, 1.807) is 12.1 Å². The Hall–Kier alpha value is -3.06. The number of carbonyl (C=O) groups is 2. The van der Waals surface area contributed by atoms with Crippen LogP contribution in [0.1, 0.15) is 29.1 Å². The zero-order valence-corrected chi connectivity index (χ0v) is 16.3. The highest BCUT2D eigenvalue weighted by atomic mass is 16.5. The van der Waals surface area contributed by atoms with Gasteiger partial charge in [-0.25, -0.2) is 0 Å². The highest BCUT2D eigenvalue weighted by molar-refractivity contribution is 6.15. The number of aliphatic hydroxyl groups is 1. The van der Waals surface area contributed by atoms with Crippen LogP contribution in [0.4, 0.5) is 0 Å². The second-order valence-electron chi connectivity index (χ2n) is 6.93. The molecule has 2 aromatic rings. The van der Waals surface area contributed by atoms with Crippen molar-refractivity contribution in [3.63, 3.8) is 0 Å². The summed E-state index contributed by atoms with van der Waals surface area (Å²) in [4.78, 5) is 28.5. The lowest BCUT2D eigenvalue weighted by Gasteiger charge is -2.27. The van der Waals surface area contributed by atoms with Crippen molar-refractivity contribution in [1.82, 2.24) is 4.90 Å². The van der Waals surface area contributed by atoms with Crippen LogP contribution in [-0.2, 0) is 4.79 Å². The van der Waals surface area contributed by atoms with Gasteiger partial charge < -0.3 is 24.1 Å². The van der Waals surface area contributed by atoms with E-state index in [1.807, 2.05) is 39.2 Å². The van der Waals surface area contributed by atoms with Gasteiger partial charge in [0.25, 0.3) is 5.91 Å². The second kappa shape index (κ2) is 8.31. The van der Waals surface area contributed by atoms with Gasteiger partial charge in [0, 0.05) is 0 Å². The quantitative estimate of drug-likeness (QED) is 0.671. The van der Waals surface area contributed by atoms with Crippen molar-refractivity contribution in [3.8, 4) is 5.75 Å². The molecule has 1 aromatic carbocycles. The number of rotatable bonds is 8. The zero-order chi connectivity index (χ0) is 20.3. The summed E-state index contributed by atoms with van der Waals surface area (Å²) in [5.41, 5.74) is 0.731. The maximum atomic E-state index is 13.0. The molecule has 2 N–H and O–H groups in total. The maximum Gasteiger partial charge on any atom is 0.290 e. The van der Waals surface area contributed by atoms with E-state index < -0.39 is 23.5 Å². The molecule has 1 amide bonds. The van der Waals surface area contributed by atoms with Gasteiger partial charge in [0.05, 0.1) is 51.7 Å². The number of likely N-dealkylation sites (N-methyl/N-ethyl adjacent to an activating group) is 1. The molecule has 1 aromatic heterocycles. The molecule has 28 heavy (non-hydrogen) atoms. The fourth-order valence-electron chi connectivity index (χ4n) is 3.29. The van der Waals surface area contributed by atoms with Crippen molar-refractivity contribution in [3.05, 3.63) is 65.3 Å². The first kappa shape index (κ1) is 19.7. The fraction of sp³-hybridized carbons (Fsp3) is 0.333. The van der Waals surface area contributed by atoms with Crippen LogP contribution in [0.15, 0.2) is 58.4 Å². The Bertz CT molecular complexity index is 886. The van der Waals surface area contributed by atoms with E-state index in [0.29, 0.717) is 31.0 Å². The maximum absolute atomic E-state index is 13.0. The molecule has 0 bridgehead atoms. The van der Waals surface area contributed by atoms with Crippen LogP contribution in [0.3, 0.4) is 0 Å². The molecule has 1 atom stereocenters. The van der Waals surface area contributed by atoms with Crippen LogP contribution >= 0.6 is 0 Å². The van der Waals surface area contributed by atoms with Gasteiger partial charge in [-0.15, -0.1) is 0 Å². The Kier molecular flexibility index (Phi) is 5.84. The Morgan fingerprint density at radius 2 is 2.07 bits per heavy atom. The van der Waals surface area contributed by atoms with Gasteiger partial charge in [-0.3, -0.25) is 9.59 Å². The molecule has 7 nitrogen and oxygen atoms in total. The van der Waals surface area contributed by atoms with Gasteiger partial charge in [-0.05, 0) is 36.8 Å². The van der Waals surface area contributed by atoms with E-state index in [1.165, 1.54) is 17.2 Å². The van der Waals surface area contributed by atoms with Crippen LogP contribution < -0.4 is 9.64 Å². The van der Waals surface area contributed by atoms with Crippen LogP contribution in [0.25, 0.3) is 0 Å². The third-order valence-electron chi connectivity index (χ3n) is 4.63. The molecule has 7 heteroatoms. The molecule has 0 radical (unpaired) electrons. The summed E-state index contributed by atoms with van der Waals surface area (Å²) in [5.74, 6) is -0.852. The lowest BCUT2D eigenvalue weighted by atomic mass is 9.95. The number of amides is 1. The third-order valence-corrected chi connectivity index (χ3v) is 4.63. The van der Waals surface area contributed by atoms with Crippen LogP contribution in [0, 0.1) is 0 Å². The van der Waals surface area contributed by atoms with Crippen molar-refractivity contribution < 1.29 is 28.7 Å². The number of nitrogens with zero attached hydrogens (tertiary/aromatic N) is 1. The Balaban J connectivity index is 2.05. The Morgan fingerprint density at radius 3 is 2.71 bits per heavy atom. The largest absolute Gasteiger partial charge is 0.503 e. The molecule has 0 aliphatic carbocycles. The number of furan rings is 1. The Labute approximate surface area is 163 Å². The summed E-state index contributed by atoms with van der Waals surface area (Å²) in [7, 11) is 3.96. The topological polar surface area (TPSA) is 84.4 Å². The fourth-order valence-corrected chi connectivity index (χ4v) is 3.29. The lowest BCUT2D eigenvalue weighted by molar-refractivity contribution is -0.857. The first-order valence-electron chi connectivity index (χ1n) is 9.28. The van der Waals surface area contributed by atoms with Gasteiger partial charge in [-0.2, -0.15) is 0 Å². The summed E-state index contributed by atoms with van der Waals surface area (Å²) in [6.07, 6.45) is 1.39. The van der Waals surface area contributed by atoms with E-state index in [9.17, 15) is 14.7 Å². The average molecular weight is 385 g/mol. The predicted molar refractivity (Wildman–Crippen MR) is 102 cm³/mol. The number of nitrogens with one attached hydrogen (secondary N) is 1. The highest BCUT2D eigenvalue weighted by Gasteiger charge is 2.44. The number of ketones is 1. The molecular weight excluding hydrogens is 360 g/mol.